The number of carboxylic acid groups (broad SMARTS) is 1. The van der Waals surface area contributed by atoms with Crippen molar-refractivity contribution in [1.82, 2.24) is 4.72 Å². The van der Waals surface area contributed by atoms with Crippen molar-refractivity contribution in [3.63, 3.8) is 0 Å². The molecule has 2 N–H and O–H groups in total. The van der Waals surface area contributed by atoms with Gasteiger partial charge in [0.05, 0.1) is 12.7 Å². The molecule has 0 saturated heterocycles. The summed E-state index contributed by atoms with van der Waals surface area (Å²) in [6, 6.07) is 1.34. The maximum absolute atomic E-state index is 12.1. The lowest BCUT2D eigenvalue weighted by Gasteiger charge is -2.14. The van der Waals surface area contributed by atoms with Gasteiger partial charge in [-0.25, -0.2) is 17.9 Å². The lowest BCUT2D eigenvalue weighted by atomic mass is 10.3. The normalized spacial score (nSPS) is 13.3. The largest absolute Gasteiger partial charge is 0.477 e. The Hall–Kier alpha value is -1.00. The molecule has 0 aliphatic carbocycles. The number of ether oxygens (including phenoxy) is 2. The number of sulfonamides is 1. The summed E-state index contributed by atoms with van der Waals surface area (Å²) in [5.74, 6) is -1.14. The Labute approximate surface area is 121 Å². The molecule has 0 saturated carbocycles. The monoisotopic (exact) mass is 323 g/mol. The zero-order chi connectivity index (χ0) is 15.3. The molecule has 0 spiro atoms. The third kappa shape index (κ3) is 4.25. The molecule has 114 valence electrons. The number of nitrogens with one attached hydrogen (secondary N) is 1. The first-order chi connectivity index (χ1) is 9.31. The number of hydrogen-bond acceptors (Lipinski definition) is 6. The maximum Gasteiger partial charge on any atom is 0.346 e. The molecule has 1 atom stereocenters. The molecule has 0 fully saturated rings. The molecular formula is C11H17NO6S2. The zero-order valence-electron chi connectivity index (χ0n) is 11.4. The first-order valence-electron chi connectivity index (χ1n) is 5.67. The molecule has 0 bridgehead atoms. The number of aromatic carboxylic acids is 1. The van der Waals surface area contributed by atoms with Crippen molar-refractivity contribution >= 4 is 27.3 Å². The predicted molar refractivity (Wildman–Crippen MR) is 73.9 cm³/mol. The summed E-state index contributed by atoms with van der Waals surface area (Å²) in [6.45, 7) is 1.86. The number of hydrogen-bond donors (Lipinski definition) is 2. The van der Waals surface area contributed by atoms with Gasteiger partial charge in [0.25, 0.3) is 0 Å². The van der Waals surface area contributed by atoms with Crippen molar-refractivity contribution < 1.29 is 27.8 Å². The van der Waals surface area contributed by atoms with E-state index in [9.17, 15) is 13.2 Å². The van der Waals surface area contributed by atoms with Gasteiger partial charge in [-0.05, 0) is 18.6 Å². The number of thiophene rings is 1. The Morgan fingerprint density at radius 1 is 1.50 bits per heavy atom. The molecule has 1 heterocycles. The van der Waals surface area contributed by atoms with Gasteiger partial charge in [0, 0.05) is 20.8 Å². The van der Waals surface area contributed by atoms with Crippen LogP contribution < -0.4 is 4.72 Å². The highest BCUT2D eigenvalue weighted by Gasteiger charge is 2.22. The third-order valence-corrected chi connectivity index (χ3v) is 5.66. The fourth-order valence-electron chi connectivity index (χ4n) is 1.47. The van der Waals surface area contributed by atoms with Gasteiger partial charge in [-0.15, -0.1) is 11.3 Å². The molecule has 0 aliphatic heterocycles. The summed E-state index contributed by atoms with van der Waals surface area (Å²) in [7, 11) is -0.807. The average molecular weight is 323 g/mol. The fourth-order valence-corrected chi connectivity index (χ4v) is 3.96. The van der Waals surface area contributed by atoms with Crippen LogP contribution in [-0.4, -0.2) is 53.0 Å². The van der Waals surface area contributed by atoms with Gasteiger partial charge in [-0.3, -0.25) is 0 Å². The summed E-state index contributed by atoms with van der Waals surface area (Å²) < 4.78 is 36.4. The van der Waals surface area contributed by atoms with Gasteiger partial charge < -0.3 is 14.6 Å². The fraction of sp³-hybridized carbons (Fsp3) is 0.545. The van der Waals surface area contributed by atoms with Gasteiger partial charge in [-0.1, -0.05) is 0 Å². The molecule has 0 aliphatic rings. The molecule has 7 nitrogen and oxygen atoms in total. The number of aryl methyl sites for hydroxylation is 1. The Balaban J connectivity index is 2.83. The van der Waals surface area contributed by atoms with Crippen molar-refractivity contribution in [2.75, 3.05) is 27.4 Å². The van der Waals surface area contributed by atoms with Crippen molar-refractivity contribution in [3.8, 4) is 0 Å². The minimum atomic E-state index is -3.75. The summed E-state index contributed by atoms with van der Waals surface area (Å²) in [5.41, 5.74) is 0.419. The van der Waals surface area contributed by atoms with Crippen molar-refractivity contribution in [1.29, 1.82) is 0 Å². The Bertz CT molecular complexity index is 565. The SMILES string of the molecule is COCC(CNS(=O)(=O)c1cc(C)c(C(=O)O)s1)OC. The van der Waals surface area contributed by atoms with E-state index in [2.05, 4.69) is 4.72 Å². The van der Waals surface area contributed by atoms with Gasteiger partial charge in [-0.2, -0.15) is 0 Å². The molecule has 1 aromatic rings. The summed E-state index contributed by atoms with van der Waals surface area (Å²) in [4.78, 5) is 10.9. The molecule has 20 heavy (non-hydrogen) atoms. The molecule has 0 radical (unpaired) electrons. The van der Waals surface area contributed by atoms with Crippen LogP contribution in [0.2, 0.25) is 0 Å². The quantitative estimate of drug-likeness (QED) is 0.730. The summed E-state index contributed by atoms with van der Waals surface area (Å²) in [5, 5.41) is 8.93. The molecule has 0 amide bonds. The highest BCUT2D eigenvalue weighted by atomic mass is 32.2. The van der Waals surface area contributed by atoms with E-state index in [0.717, 1.165) is 11.3 Å². The van der Waals surface area contributed by atoms with E-state index in [1.807, 2.05) is 0 Å². The molecule has 0 aromatic carbocycles. The van der Waals surface area contributed by atoms with Gasteiger partial charge in [0.15, 0.2) is 0 Å². The second-order valence-corrected chi connectivity index (χ2v) is 7.09. The van der Waals surface area contributed by atoms with Crippen molar-refractivity contribution in [2.45, 2.75) is 17.2 Å². The van der Waals surface area contributed by atoms with Gasteiger partial charge in [0.2, 0.25) is 10.0 Å². The van der Waals surface area contributed by atoms with E-state index in [-0.39, 0.29) is 22.2 Å². The van der Waals surface area contributed by atoms with Crippen LogP contribution in [0.3, 0.4) is 0 Å². The topological polar surface area (TPSA) is 102 Å². The standard InChI is InChI=1S/C11H17NO6S2/c1-7-4-9(19-10(7)11(13)14)20(15,16)12-5-8(18-3)6-17-2/h4,8,12H,5-6H2,1-3H3,(H,13,14). The predicted octanol–water partition coefficient (Wildman–Crippen LogP) is 0.694. The lowest BCUT2D eigenvalue weighted by molar-refractivity contribution is 0.0320. The Morgan fingerprint density at radius 3 is 2.60 bits per heavy atom. The number of rotatable bonds is 8. The molecule has 1 rings (SSSR count). The van der Waals surface area contributed by atoms with Crippen LogP contribution in [0.25, 0.3) is 0 Å². The zero-order valence-corrected chi connectivity index (χ0v) is 13.0. The van der Waals surface area contributed by atoms with E-state index in [4.69, 9.17) is 14.6 Å². The average Bonchev–Trinajstić information content (AvgIpc) is 2.77. The van der Waals surface area contributed by atoms with Crippen LogP contribution in [-0.2, 0) is 19.5 Å². The first kappa shape index (κ1) is 17.1. The van der Waals surface area contributed by atoms with Crippen LogP contribution in [0.5, 0.6) is 0 Å². The Kier molecular flexibility index (Phi) is 6.08. The first-order valence-corrected chi connectivity index (χ1v) is 7.97. The van der Waals surface area contributed by atoms with E-state index in [0.29, 0.717) is 5.56 Å². The Morgan fingerprint density at radius 2 is 2.15 bits per heavy atom. The second kappa shape index (κ2) is 7.14. The van der Waals surface area contributed by atoms with Crippen LogP contribution in [0.15, 0.2) is 10.3 Å². The summed E-state index contributed by atoms with van der Waals surface area (Å²) >= 11 is 0.725. The smallest absolute Gasteiger partial charge is 0.346 e. The highest BCUT2D eigenvalue weighted by Crippen LogP contribution is 2.25. The van der Waals surface area contributed by atoms with E-state index in [1.165, 1.54) is 20.3 Å². The van der Waals surface area contributed by atoms with Crippen LogP contribution >= 0.6 is 11.3 Å². The van der Waals surface area contributed by atoms with Crippen molar-refractivity contribution in [2.24, 2.45) is 0 Å². The minimum absolute atomic E-state index is 0.0190. The summed E-state index contributed by atoms with van der Waals surface area (Å²) in [6.07, 6.45) is -0.408. The molecular weight excluding hydrogens is 306 g/mol. The van der Waals surface area contributed by atoms with Gasteiger partial charge >= 0.3 is 5.97 Å². The highest BCUT2D eigenvalue weighted by molar-refractivity contribution is 7.91. The molecule has 1 unspecified atom stereocenters. The van der Waals surface area contributed by atoms with E-state index < -0.39 is 22.1 Å². The van der Waals surface area contributed by atoms with E-state index in [1.54, 1.807) is 6.92 Å². The van der Waals surface area contributed by atoms with Crippen LogP contribution in [0.1, 0.15) is 15.2 Å². The number of carboxylic acids is 1. The van der Waals surface area contributed by atoms with Gasteiger partial charge in [0.1, 0.15) is 9.09 Å². The minimum Gasteiger partial charge on any atom is -0.477 e. The number of carbonyl (C=O) groups is 1. The van der Waals surface area contributed by atoms with E-state index >= 15 is 0 Å². The molecule has 1 aromatic heterocycles. The maximum atomic E-state index is 12.1. The molecule has 9 heteroatoms. The van der Waals surface area contributed by atoms with Crippen LogP contribution in [0.4, 0.5) is 0 Å². The van der Waals surface area contributed by atoms with Crippen LogP contribution in [0, 0.1) is 6.92 Å². The third-order valence-electron chi connectivity index (χ3n) is 2.54. The second-order valence-electron chi connectivity index (χ2n) is 4.05. The number of methoxy groups -OCH3 is 2. The lowest BCUT2D eigenvalue weighted by Crippen LogP contribution is -2.35. The van der Waals surface area contributed by atoms with Crippen molar-refractivity contribution in [3.05, 3.63) is 16.5 Å².